The number of thiocarbonyl (C=S) groups is 1. The minimum atomic E-state index is -0.879. The van der Waals surface area contributed by atoms with Gasteiger partial charge in [0.05, 0.1) is 0 Å². The molecule has 1 unspecified atom stereocenters. The molecular formula is C17H26ClN3O3S. The number of piperazine rings is 1. The van der Waals surface area contributed by atoms with Crippen molar-refractivity contribution in [1.82, 2.24) is 15.5 Å². The Labute approximate surface area is 160 Å². The van der Waals surface area contributed by atoms with Crippen molar-refractivity contribution in [3.63, 3.8) is 0 Å². The zero-order chi connectivity index (χ0) is 17.6. The average molecular weight is 388 g/mol. The molecule has 6 nitrogen and oxygen atoms in total. The first-order valence-corrected chi connectivity index (χ1v) is 8.46. The number of alkyl carbamates (subject to hydrolysis) is 1. The zero-order valence-corrected chi connectivity index (χ0v) is 16.4. The third kappa shape index (κ3) is 7.46. The summed E-state index contributed by atoms with van der Waals surface area (Å²) in [6.45, 7) is 8.91. The van der Waals surface area contributed by atoms with Crippen LogP contribution in [0.25, 0.3) is 0 Å². The van der Waals surface area contributed by atoms with E-state index in [1.165, 1.54) is 0 Å². The van der Waals surface area contributed by atoms with Gasteiger partial charge in [0.2, 0.25) is 0 Å². The highest BCUT2D eigenvalue weighted by Gasteiger charge is 2.25. The second kappa shape index (κ2) is 9.79. The number of carbonyl (C=O) groups excluding carboxylic acids is 1. The monoisotopic (exact) mass is 387 g/mol. The van der Waals surface area contributed by atoms with E-state index in [0.29, 0.717) is 5.17 Å². The number of nitrogens with one attached hydrogen (secondary N) is 2. The Hall–Kier alpha value is -1.57. The van der Waals surface area contributed by atoms with Crippen molar-refractivity contribution in [1.29, 1.82) is 0 Å². The van der Waals surface area contributed by atoms with Crippen LogP contribution in [0, 0.1) is 0 Å². The topological polar surface area (TPSA) is 62.8 Å². The van der Waals surface area contributed by atoms with Gasteiger partial charge in [0.15, 0.2) is 0 Å². The molecule has 0 radical (unpaired) electrons. The number of carbonyl (C=O) groups is 1. The maximum atomic E-state index is 12.1. The average Bonchev–Trinajstić information content (AvgIpc) is 2.54. The van der Waals surface area contributed by atoms with Crippen LogP contribution < -0.4 is 10.6 Å². The molecular weight excluding hydrogens is 362 g/mol. The number of rotatable bonds is 3. The summed E-state index contributed by atoms with van der Waals surface area (Å²) in [5.41, 5.74) is 0.344. The number of nitrogens with zero attached hydrogens (tertiary/aromatic N) is 1. The van der Waals surface area contributed by atoms with Gasteiger partial charge in [0, 0.05) is 37.3 Å². The van der Waals surface area contributed by atoms with E-state index in [2.05, 4.69) is 10.6 Å². The molecule has 0 bridgehead atoms. The molecule has 1 atom stereocenters. The predicted molar refractivity (Wildman–Crippen MR) is 104 cm³/mol. The molecule has 1 aromatic carbocycles. The van der Waals surface area contributed by atoms with Gasteiger partial charge < -0.3 is 25.0 Å². The second-order valence-electron chi connectivity index (χ2n) is 6.64. The first kappa shape index (κ1) is 21.5. The van der Waals surface area contributed by atoms with Crippen molar-refractivity contribution in [3.05, 3.63) is 35.9 Å². The number of amides is 1. The lowest BCUT2D eigenvalue weighted by Crippen LogP contribution is -2.47. The molecule has 1 fully saturated rings. The first-order valence-electron chi connectivity index (χ1n) is 8.05. The molecule has 25 heavy (non-hydrogen) atoms. The van der Waals surface area contributed by atoms with Crippen molar-refractivity contribution >= 4 is 35.9 Å². The summed E-state index contributed by atoms with van der Waals surface area (Å²) in [6, 6.07) is 9.31. The van der Waals surface area contributed by atoms with Gasteiger partial charge in [-0.25, -0.2) is 4.79 Å². The van der Waals surface area contributed by atoms with E-state index in [9.17, 15) is 4.79 Å². The Morgan fingerprint density at radius 1 is 1.20 bits per heavy atom. The SMILES string of the molecule is CC(C)(C)NC(=O)OC(OC(=S)N1CCNCC1)c1ccccc1.Cl. The van der Waals surface area contributed by atoms with Crippen molar-refractivity contribution < 1.29 is 14.3 Å². The van der Waals surface area contributed by atoms with Gasteiger partial charge in [-0.05, 0) is 33.0 Å². The Morgan fingerprint density at radius 2 is 1.80 bits per heavy atom. The van der Waals surface area contributed by atoms with Crippen LogP contribution in [-0.4, -0.2) is 47.9 Å². The van der Waals surface area contributed by atoms with Gasteiger partial charge in [0.25, 0.3) is 11.5 Å². The minimum Gasteiger partial charge on any atom is -0.426 e. The molecule has 2 N–H and O–H groups in total. The highest BCUT2D eigenvalue weighted by molar-refractivity contribution is 7.80. The zero-order valence-electron chi connectivity index (χ0n) is 14.8. The highest BCUT2D eigenvalue weighted by atomic mass is 35.5. The van der Waals surface area contributed by atoms with Gasteiger partial charge in [-0.15, -0.1) is 12.4 Å². The van der Waals surface area contributed by atoms with Crippen LogP contribution in [-0.2, 0) is 9.47 Å². The van der Waals surface area contributed by atoms with Crippen LogP contribution in [0.3, 0.4) is 0 Å². The van der Waals surface area contributed by atoms with Crippen molar-refractivity contribution in [3.8, 4) is 0 Å². The molecule has 1 heterocycles. The van der Waals surface area contributed by atoms with Crippen molar-refractivity contribution in [2.75, 3.05) is 26.2 Å². The van der Waals surface area contributed by atoms with E-state index in [1.807, 2.05) is 56.0 Å². The molecule has 0 aliphatic carbocycles. The van der Waals surface area contributed by atoms with Crippen LogP contribution in [0.5, 0.6) is 0 Å². The lowest BCUT2D eigenvalue weighted by atomic mass is 10.1. The first-order chi connectivity index (χ1) is 11.3. The van der Waals surface area contributed by atoms with E-state index >= 15 is 0 Å². The molecule has 140 valence electrons. The fourth-order valence-electron chi connectivity index (χ4n) is 2.22. The minimum absolute atomic E-state index is 0. The van der Waals surface area contributed by atoms with Gasteiger partial charge in [0.1, 0.15) is 0 Å². The van der Waals surface area contributed by atoms with Crippen LogP contribution in [0.1, 0.15) is 32.6 Å². The molecule has 0 aromatic heterocycles. The fraction of sp³-hybridized carbons (Fsp3) is 0.529. The third-order valence-electron chi connectivity index (χ3n) is 3.35. The highest BCUT2D eigenvalue weighted by Crippen LogP contribution is 2.21. The summed E-state index contributed by atoms with van der Waals surface area (Å²) < 4.78 is 11.3. The van der Waals surface area contributed by atoms with Crippen LogP contribution >= 0.6 is 24.6 Å². The largest absolute Gasteiger partial charge is 0.426 e. The van der Waals surface area contributed by atoms with E-state index in [-0.39, 0.29) is 12.4 Å². The Bertz CT molecular complexity index is 560. The summed E-state index contributed by atoms with van der Waals surface area (Å²) >= 11 is 5.38. The lowest BCUT2D eigenvalue weighted by molar-refractivity contribution is -0.0527. The van der Waals surface area contributed by atoms with E-state index in [0.717, 1.165) is 31.7 Å². The lowest BCUT2D eigenvalue weighted by Gasteiger charge is -2.31. The standard InChI is InChI=1S/C17H25N3O3S.ClH/c1-17(2,3)19-15(21)22-14(13-7-5-4-6-8-13)23-16(24)20-11-9-18-10-12-20;/h4-8,14,18H,9-12H2,1-3H3,(H,19,21);1H. The van der Waals surface area contributed by atoms with E-state index in [4.69, 9.17) is 21.7 Å². The molecule has 8 heteroatoms. The quantitative estimate of drug-likeness (QED) is 0.614. The number of hydrogen-bond acceptors (Lipinski definition) is 5. The maximum Gasteiger partial charge on any atom is 0.410 e. The summed E-state index contributed by atoms with van der Waals surface area (Å²) in [5.74, 6) is 0. The van der Waals surface area contributed by atoms with Crippen LogP contribution in [0.15, 0.2) is 30.3 Å². The fourth-order valence-corrected chi connectivity index (χ4v) is 2.49. The maximum absolute atomic E-state index is 12.1. The van der Waals surface area contributed by atoms with Gasteiger partial charge in [-0.2, -0.15) is 0 Å². The van der Waals surface area contributed by atoms with Crippen LogP contribution in [0.2, 0.25) is 0 Å². The smallest absolute Gasteiger partial charge is 0.410 e. The normalized spacial score (nSPS) is 15.6. The predicted octanol–water partition coefficient (Wildman–Crippen LogP) is 2.84. The van der Waals surface area contributed by atoms with Gasteiger partial charge in [-0.3, -0.25) is 0 Å². The van der Waals surface area contributed by atoms with E-state index in [1.54, 1.807) is 0 Å². The number of halogens is 1. The van der Waals surface area contributed by atoms with E-state index < -0.39 is 17.9 Å². The molecule has 1 aliphatic heterocycles. The molecule has 1 amide bonds. The molecule has 1 aromatic rings. The molecule has 0 saturated carbocycles. The van der Waals surface area contributed by atoms with Gasteiger partial charge in [-0.1, -0.05) is 30.3 Å². The third-order valence-corrected chi connectivity index (χ3v) is 3.70. The Kier molecular flexibility index (Phi) is 8.41. The molecule has 0 spiro atoms. The number of hydrogen-bond donors (Lipinski definition) is 2. The number of ether oxygens (including phenoxy) is 2. The van der Waals surface area contributed by atoms with Crippen LogP contribution in [0.4, 0.5) is 4.79 Å². The molecule has 1 saturated heterocycles. The summed E-state index contributed by atoms with van der Waals surface area (Å²) in [4.78, 5) is 14.1. The Balaban J connectivity index is 0.00000312. The Morgan fingerprint density at radius 3 is 2.36 bits per heavy atom. The van der Waals surface area contributed by atoms with Crippen molar-refractivity contribution in [2.45, 2.75) is 32.6 Å². The summed E-state index contributed by atoms with van der Waals surface area (Å²) in [5, 5.41) is 6.37. The summed E-state index contributed by atoms with van der Waals surface area (Å²) in [7, 11) is 0. The number of benzene rings is 1. The summed E-state index contributed by atoms with van der Waals surface area (Å²) in [6.07, 6.45) is -1.42. The van der Waals surface area contributed by atoms with Crippen molar-refractivity contribution in [2.24, 2.45) is 0 Å². The second-order valence-corrected chi connectivity index (χ2v) is 6.99. The molecule has 1 aliphatic rings. The van der Waals surface area contributed by atoms with Gasteiger partial charge >= 0.3 is 6.09 Å². The molecule has 2 rings (SSSR count).